The molecule has 0 bridgehead atoms. The van der Waals surface area contributed by atoms with Gasteiger partial charge in [-0.15, -0.1) is 0 Å². The zero-order valence-corrected chi connectivity index (χ0v) is 20.2. The molecule has 34 heavy (non-hydrogen) atoms. The number of ether oxygens (including phenoxy) is 2. The van der Waals surface area contributed by atoms with Gasteiger partial charge in [0.05, 0.1) is 25.7 Å². The first-order chi connectivity index (χ1) is 16.6. The average molecular weight is 465 g/mol. The van der Waals surface area contributed by atoms with Crippen molar-refractivity contribution in [1.29, 1.82) is 0 Å². The fourth-order valence-corrected chi connectivity index (χ4v) is 5.17. The topological polar surface area (TPSA) is 59.1 Å². The highest BCUT2D eigenvalue weighted by atomic mass is 16.5. The van der Waals surface area contributed by atoms with E-state index < -0.39 is 5.41 Å². The number of hydrogen-bond acceptors (Lipinski definition) is 4. The quantitative estimate of drug-likeness (QED) is 0.590. The maximum absolute atomic E-state index is 13.7. The van der Waals surface area contributed by atoms with Gasteiger partial charge in [-0.1, -0.05) is 55.5 Å². The summed E-state index contributed by atoms with van der Waals surface area (Å²) in [7, 11) is 0. The number of likely N-dealkylation sites (tertiary alicyclic amines) is 1. The van der Waals surface area contributed by atoms with Crippen LogP contribution in [0.5, 0.6) is 5.75 Å². The number of nitrogens with zero attached hydrogens (tertiary/aromatic N) is 2. The number of carbonyl (C=O) groups is 2. The molecule has 0 radical (unpaired) electrons. The third kappa shape index (κ3) is 5.98. The number of morpholine rings is 1. The SMILES string of the molecule is CC[C@H](C(=O)N1CCC[C@](COc2ccccc2)(CC(=O)N2CCOCC2)C1)c1ccccc1. The van der Waals surface area contributed by atoms with Crippen LogP contribution in [0, 0.1) is 5.41 Å². The number of carbonyl (C=O) groups excluding carboxylic acids is 2. The van der Waals surface area contributed by atoms with Crippen molar-refractivity contribution in [3.05, 3.63) is 66.2 Å². The standard InChI is InChI=1S/C28H36N2O4/c1-2-25(23-10-5-3-6-11-23)27(32)30-15-9-14-28(21-30,22-34-24-12-7-4-8-13-24)20-26(31)29-16-18-33-19-17-29/h3-8,10-13,25H,2,9,14-22H2,1H3/t25-,28-/m0/s1. The Labute approximate surface area is 202 Å². The monoisotopic (exact) mass is 464 g/mol. The van der Waals surface area contributed by atoms with Crippen LogP contribution in [0.15, 0.2) is 60.7 Å². The minimum atomic E-state index is -0.409. The van der Waals surface area contributed by atoms with Gasteiger partial charge in [0.15, 0.2) is 0 Å². The molecule has 0 saturated carbocycles. The van der Waals surface area contributed by atoms with Crippen LogP contribution in [0.25, 0.3) is 0 Å². The highest BCUT2D eigenvalue weighted by Gasteiger charge is 2.42. The summed E-state index contributed by atoms with van der Waals surface area (Å²) in [5.74, 6) is 0.905. The van der Waals surface area contributed by atoms with Crippen LogP contribution >= 0.6 is 0 Å². The van der Waals surface area contributed by atoms with Crippen molar-refractivity contribution >= 4 is 11.8 Å². The van der Waals surface area contributed by atoms with Crippen LogP contribution in [0.1, 0.15) is 44.1 Å². The molecule has 182 valence electrons. The molecule has 6 nitrogen and oxygen atoms in total. The van der Waals surface area contributed by atoms with Gasteiger partial charge in [-0.05, 0) is 37.0 Å². The lowest BCUT2D eigenvalue weighted by Crippen LogP contribution is -2.52. The molecule has 0 spiro atoms. The third-order valence-corrected chi connectivity index (χ3v) is 7.06. The van der Waals surface area contributed by atoms with E-state index in [0.717, 1.165) is 37.1 Å². The Bertz CT molecular complexity index is 930. The maximum atomic E-state index is 13.7. The van der Waals surface area contributed by atoms with E-state index in [2.05, 4.69) is 6.92 Å². The number of benzene rings is 2. The Hall–Kier alpha value is -2.86. The third-order valence-electron chi connectivity index (χ3n) is 7.06. The lowest BCUT2D eigenvalue weighted by atomic mass is 9.76. The van der Waals surface area contributed by atoms with Crippen LogP contribution in [0.2, 0.25) is 0 Å². The van der Waals surface area contributed by atoms with E-state index in [9.17, 15) is 9.59 Å². The van der Waals surface area contributed by atoms with E-state index in [4.69, 9.17) is 9.47 Å². The lowest BCUT2D eigenvalue weighted by molar-refractivity contribution is -0.144. The molecule has 2 amide bonds. The summed E-state index contributed by atoms with van der Waals surface area (Å²) in [5, 5.41) is 0. The number of hydrogen-bond donors (Lipinski definition) is 0. The Balaban J connectivity index is 1.52. The van der Waals surface area contributed by atoms with E-state index in [1.54, 1.807) is 0 Å². The van der Waals surface area contributed by atoms with E-state index in [1.807, 2.05) is 70.5 Å². The van der Waals surface area contributed by atoms with Crippen molar-refractivity contribution in [2.45, 2.75) is 38.5 Å². The van der Waals surface area contributed by atoms with Gasteiger partial charge >= 0.3 is 0 Å². The molecule has 0 aliphatic carbocycles. The summed E-state index contributed by atoms with van der Waals surface area (Å²) in [5.41, 5.74) is 0.643. The lowest BCUT2D eigenvalue weighted by Gasteiger charge is -2.44. The summed E-state index contributed by atoms with van der Waals surface area (Å²) in [6.45, 7) is 6.16. The first-order valence-electron chi connectivity index (χ1n) is 12.5. The predicted octanol–water partition coefficient (Wildman–Crippen LogP) is 4.12. The molecule has 2 fully saturated rings. The van der Waals surface area contributed by atoms with Gasteiger partial charge in [-0.2, -0.15) is 0 Å². The van der Waals surface area contributed by atoms with Crippen molar-refractivity contribution < 1.29 is 19.1 Å². The number of amides is 2. The van der Waals surface area contributed by atoms with E-state index in [1.165, 1.54) is 0 Å². The van der Waals surface area contributed by atoms with Gasteiger partial charge in [0.2, 0.25) is 11.8 Å². The Morgan fingerprint density at radius 2 is 1.65 bits per heavy atom. The average Bonchev–Trinajstić information content (AvgIpc) is 2.90. The molecule has 2 aliphatic rings. The molecule has 6 heteroatoms. The van der Waals surface area contributed by atoms with Crippen molar-refractivity contribution in [3.8, 4) is 5.75 Å². The number of para-hydroxylation sites is 1. The molecule has 2 saturated heterocycles. The molecule has 2 aromatic carbocycles. The van der Waals surface area contributed by atoms with E-state index in [0.29, 0.717) is 45.9 Å². The predicted molar refractivity (Wildman–Crippen MR) is 132 cm³/mol. The van der Waals surface area contributed by atoms with Crippen molar-refractivity contribution in [1.82, 2.24) is 9.80 Å². The molecule has 2 heterocycles. The second kappa shape index (κ2) is 11.5. The molecule has 0 N–H and O–H groups in total. The summed E-state index contributed by atoms with van der Waals surface area (Å²) in [6.07, 6.45) is 2.86. The highest BCUT2D eigenvalue weighted by molar-refractivity contribution is 5.84. The van der Waals surface area contributed by atoms with Crippen molar-refractivity contribution in [2.24, 2.45) is 5.41 Å². The summed E-state index contributed by atoms with van der Waals surface area (Å²) < 4.78 is 11.6. The molecule has 2 aromatic rings. The minimum absolute atomic E-state index is 0.129. The molecular formula is C28H36N2O4. The van der Waals surface area contributed by atoms with Gasteiger partial charge in [0.1, 0.15) is 5.75 Å². The minimum Gasteiger partial charge on any atom is -0.493 e. The Kier molecular flexibility index (Phi) is 8.22. The van der Waals surface area contributed by atoms with Gasteiger partial charge in [0.25, 0.3) is 0 Å². The van der Waals surface area contributed by atoms with Crippen molar-refractivity contribution in [2.75, 3.05) is 46.0 Å². The zero-order chi connectivity index (χ0) is 23.8. The largest absolute Gasteiger partial charge is 0.493 e. The maximum Gasteiger partial charge on any atom is 0.230 e. The molecule has 2 aliphatic heterocycles. The summed E-state index contributed by atoms with van der Waals surface area (Å²) >= 11 is 0. The summed E-state index contributed by atoms with van der Waals surface area (Å²) in [4.78, 5) is 30.8. The second-order valence-corrected chi connectivity index (χ2v) is 9.51. The van der Waals surface area contributed by atoms with Gasteiger partial charge < -0.3 is 19.3 Å². The van der Waals surface area contributed by atoms with Gasteiger partial charge in [-0.25, -0.2) is 0 Å². The Morgan fingerprint density at radius 1 is 0.971 bits per heavy atom. The first kappa shape index (κ1) is 24.3. The molecule has 0 aromatic heterocycles. The van der Waals surface area contributed by atoms with Crippen LogP contribution in [0.4, 0.5) is 0 Å². The number of piperidine rings is 1. The van der Waals surface area contributed by atoms with Gasteiger partial charge in [-0.3, -0.25) is 9.59 Å². The van der Waals surface area contributed by atoms with Crippen LogP contribution in [-0.2, 0) is 14.3 Å². The summed E-state index contributed by atoms with van der Waals surface area (Å²) in [6, 6.07) is 19.7. The van der Waals surface area contributed by atoms with E-state index >= 15 is 0 Å². The molecule has 0 unspecified atom stereocenters. The highest BCUT2D eigenvalue weighted by Crippen LogP contribution is 2.37. The fourth-order valence-electron chi connectivity index (χ4n) is 5.17. The smallest absolute Gasteiger partial charge is 0.230 e. The normalized spacial score (nSPS) is 21.7. The Morgan fingerprint density at radius 3 is 2.32 bits per heavy atom. The van der Waals surface area contributed by atoms with Crippen LogP contribution < -0.4 is 4.74 Å². The number of rotatable bonds is 8. The zero-order valence-electron chi connectivity index (χ0n) is 20.2. The molecular weight excluding hydrogens is 428 g/mol. The van der Waals surface area contributed by atoms with Crippen LogP contribution in [0.3, 0.4) is 0 Å². The van der Waals surface area contributed by atoms with Gasteiger partial charge in [0, 0.05) is 38.0 Å². The fraction of sp³-hybridized carbons (Fsp3) is 0.500. The molecule has 4 rings (SSSR count). The van der Waals surface area contributed by atoms with Crippen LogP contribution in [-0.4, -0.2) is 67.6 Å². The first-order valence-corrected chi connectivity index (χ1v) is 12.5. The molecule has 2 atom stereocenters. The van der Waals surface area contributed by atoms with E-state index in [-0.39, 0.29) is 17.7 Å². The van der Waals surface area contributed by atoms with Crippen molar-refractivity contribution in [3.63, 3.8) is 0 Å². The second-order valence-electron chi connectivity index (χ2n) is 9.51.